The SMILES string of the molecule is CN(C)[C@H]1CCN(Cc2nc(C3CC3)nn2-c2cccc3c2CCC3)C1. The monoisotopic (exact) mass is 351 g/mol. The van der Waals surface area contributed by atoms with Crippen molar-refractivity contribution in [3.05, 3.63) is 41.0 Å². The zero-order valence-corrected chi connectivity index (χ0v) is 16.0. The molecule has 0 radical (unpaired) electrons. The van der Waals surface area contributed by atoms with Crippen molar-refractivity contribution in [2.45, 2.75) is 57.0 Å². The summed E-state index contributed by atoms with van der Waals surface area (Å²) in [5.41, 5.74) is 4.28. The fourth-order valence-electron chi connectivity index (χ4n) is 4.55. The molecule has 1 aliphatic heterocycles. The van der Waals surface area contributed by atoms with Gasteiger partial charge in [-0.3, -0.25) is 4.90 Å². The zero-order valence-electron chi connectivity index (χ0n) is 16.0. The van der Waals surface area contributed by atoms with Crippen LogP contribution in [0.2, 0.25) is 0 Å². The lowest BCUT2D eigenvalue weighted by atomic mass is 10.1. The molecule has 2 fully saturated rings. The van der Waals surface area contributed by atoms with Crippen LogP contribution < -0.4 is 0 Å². The van der Waals surface area contributed by atoms with Crippen molar-refractivity contribution in [1.29, 1.82) is 0 Å². The Balaban J connectivity index is 1.47. The number of hydrogen-bond donors (Lipinski definition) is 0. The Labute approximate surface area is 156 Å². The third kappa shape index (κ3) is 2.97. The van der Waals surface area contributed by atoms with E-state index in [4.69, 9.17) is 10.1 Å². The molecule has 5 rings (SSSR count). The molecule has 5 nitrogen and oxygen atoms in total. The molecule has 138 valence electrons. The van der Waals surface area contributed by atoms with Gasteiger partial charge in [-0.1, -0.05) is 12.1 Å². The Morgan fingerprint density at radius 3 is 2.81 bits per heavy atom. The van der Waals surface area contributed by atoms with Gasteiger partial charge >= 0.3 is 0 Å². The molecule has 3 aliphatic rings. The fraction of sp³-hybridized carbons (Fsp3) is 0.619. The van der Waals surface area contributed by atoms with Gasteiger partial charge in [-0.25, -0.2) is 9.67 Å². The Hall–Kier alpha value is -1.72. The van der Waals surface area contributed by atoms with Gasteiger partial charge in [0, 0.05) is 25.0 Å². The van der Waals surface area contributed by atoms with Crippen molar-refractivity contribution in [1.82, 2.24) is 24.6 Å². The van der Waals surface area contributed by atoms with Gasteiger partial charge in [-0.05, 0) is 69.8 Å². The summed E-state index contributed by atoms with van der Waals surface area (Å²) in [6.45, 7) is 3.20. The summed E-state index contributed by atoms with van der Waals surface area (Å²) in [6.07, 6.45) is 7.40. The normalized spacial score (nSPS) is 23.1. The van der Waals surface area contributed by atoms with Gasteiger partial charge in [-0.15, -0.1) is 0 Å². The van der Waals surface area contributed by atoms with Gasteiger partial charge in [-0.2, -0.15) is 5.10 Å². The number of fused-ring (bicyclic) bond motifs is 1. The van der Waals surface area contributed by atoms with E-state index in [1.165, 1.54) is 55.3 Å². The number of rotatable bonds is 5. The van der Waals surface area contributed by atoms with E-state index in [9.17, 15) is 0 Å². The van der Waals surface area contributed by atoms with Crippen molar-refractivity contribution < 1.29 is 0 Å². The maximum atomic E-state index is 5.00. The zero-order chi connectivity index (χ0) is 17.7. The lowest BCUT2D eigenvalue weighted by Crippen LogP contribution is -2.31. The first-order valence-electron chi connectivity index (χ1n) is 10.1. The first kappa shape index (κ1) is 16.5. The molecule has 0 unspecified atom stereocenters. The van der Waals surface area contributed by atoms with Crippen LogP contribution in [0, 0.1) is 0 Å². The van der Waals surface area contributed by atoms with E-state index in [1.807, 2.05) is 0 Å². The smallest absolute Gasteiger partial charge is 0.154 e. The number of benzene rings is 1. The van der Waals surface area contributed by atoms with Crippen LogP contribution in [0.5, 0.6) is 0 Å². The molecule has 0 N–H and O–H groups in total. The van der Waals surface area contributed by atoms with Crippen molar-refractivity contribution in [2.75, 3.05) is 27.2 Å². The molecule has 5 heteroatoms. The van der Waals surface area contributed by atoms with Gasteiger partial charge in [0.25, 0.3) is 0 Å². The summed E-state index contributed by atoms with van der Waals surface area (Å²) in [5.74, 6) is 2.80. The van der Waals surface area contributed by atoms with E-state index in [0.29, 0.717) is 12.0 Å². The maximum absolute atomic E-state index is 5.00. The van der Waals surface area contributed by atoms with Crippen LogP contribution in [0.15, 0.2) is 18.2 Å². The summed E-state index contributed by atoms with van der Waals surface area (Å²) in [5, 5.41) is 4.98. The Morgan fingerprint density at radius 1 is 1.15 bits per heavy atom. The van der Waals surface area contributed by atoms with Gasteiger partial charge in [0.1, 0.15) is 5.82 Å². The molecule has 1 aromatic heterocycles. The maximum Gasteiger partial charge on any atom is 0.154 e. The van der Waals surface area contributed by atoms with E-state index < -0.39 is 0 Å². The van der Waals surface area contributed by atoms with Gasteiger partial charge in [0.15, 0.2) is 5.82 Å². The highest BCUT2D eigenvalue weighted by molar-refractivity contribution is 5.48. The third-order valence-corrected chi connectivity index (χ3v) is 6.33. The highest BCUT2D eigenvalue weighted by Gasteiger charge is 2.31. The molecule has 2 heterocycles. The van der Waals surface area contributed by atoms with Crippen molar-refractivity contribution in [3.63, 3.8) is 0 Å². The van der Waals surface area contributed by atoms with Crippen LogP contribution in [-0.4, -0.2) is 57.8 Å². The molecule has 0 spiro atoms. The molecule has 2 aromatic rings. The first-order valence-corrected chi connectivity index (χ1v) is 10.1. The highest BCUT2D eigenvalue weighted by Crippen LogP contribution is 2.39. The van der Waals surface area contributed by atoms with Crippen LogP contribution in [-0.2, 0) is 19.4 Å². The molecule has 1 saturated heterocycles. The minimum atomic E-state index is 0.597. The summed E-state index contributed by atoms with van der Waals surface area (Å²) >= 11 is 0. The summed E-state index contributed by atoms with van der Waals surface area (Å²) in [6, 6.07) is 7.38. The second-order valence-corrected chi connectivity index (χ2v) is 8.48. The second kappa shape index (κ2) is 6.46. The number of hydrogen-bond acceptors (Lipinski definition) is 4. The molecule has 1 saturated carbocycles. The second-order valence-electron chi connectivity index (χ2n) is 8.48. The van der Waals surface area contributed by atoms with Crippen molar-refractivity contribution >= 4 is 0 Å². The highest BCUT2D eigenvalue weighted by atomic mass is 15.4. The summed E-state index contributed by atoms with van der Waals surface area (Å²) in [4.78, 5) is 9.90. The molecule has 0 bridgehead atoms. The molecular weight excluding hydrogens is 322 g/mol. The van der Waals surface area contributed by atoms with Crippen LogP contribution in [0.4, 0.5) is 0 Å². The van der Waals surface area contributed by atoms with Crippen LogP contribution in [0.3, 0.4) is 0 Å². The molecule has 1 aromatic carbocycles. The number of aromatic nitrogens is 3. The van der Waals surface area contributed by atoms with Crippen LogP contribution in [0.25, 0.3) is 5.69 Å². The van der Waals surface area contributed by atoms with Gasteiger partial charge in [0.2, 0.25) is 0 Å². The van der Waals surface area contributed by atoms with Gasteiger partial charge < -0.3 is 4.90 Å². The average Bonchev–Trinajstić information content (AvgIpc) is 3.05. The molecule has 0 amide bonds. The average molecular weight is 351 g/mol. The summed E-state index contributed by atoms with van der Waals surface area (Å²) in [7, 11) is 4.38. The first-order chi connectivity index (χ1) is 12.7. The predicted octanol–water partition coefficient (Wildman–Crippen LogP) is 2.77. The molecule has 1 atom stereocenters. The van der Waals surface area contributed by atoms with E-state index in [0.717, 1.165) is 31.3 Å². The van der Waals surface area contributed by atoms with Crippen LogP contribution >= 0.6 is 0 Å². The predicted molar refractivity (Wildman–Crippen MR) is 103 cm³/mol. The standard InChI is InChI=1S/C21H29N5/c1-24(2)17-11-12-25(13-17)14-20-22-21(16-9-10-16)23-26(20)19-8-4-6-15-5-3-7-18(15)19/h4,6,8,16-17H,3,5,7,9-14H2,1-2H3/t17-/m0/s1. The van der Waals surface area contributed by atoms with Gasteiger partial charge in [0.05, 0.1) is 12.2 Å². The van der Waals surface area contributed by atoms with Crippen LogP contribution in [0.1, 0.15) is 54.4 Å². The lowest BCUT2D eigenvalue weighted by Gasteiger charge is -2.20. The Morgan fingerprint density at radius 2 is 2.04 bits per heavy atom. The fourth-order valence-corrected chi connectivity index (χ4v) is 4.55. The van der Waals surface area contributed by atoms with Crippen molar-refractivity contribution in [2.24, 2.45) is 0 Å². The summed E-state index contributed by atoms with van der Waals surface area (Å²) < 4.78 is 2.18. The number of likely N-dealkylation sites (tertiary alicyclic amines) is 1. The van der Waals surface area contributed by atoms with Crippen molar-refractivity contribution in [3.8, 4) is 5.69 Å². The number of aryl methyl sites for hydroxylation is 1. The minimum absolute atomic E-state index is 0.597. The largest absolute Gasteiger partial charge is 0.305 e. The van der Waals surface area contributed by atoms with E-state index in [1.54, 1.807) is 0 Å². The third-order valence-electron chi connectivity index (χ3n) is 6.33. The topological polar surface area (TPSA) is 37.2 Å². The molecule has 26 heavy (non-hydrogen) atoms. The van der Waals surface area contributed by atoms with E-state index in [2.05, 4.69) is 46.8 Å². The quantitative estimate of drug-likeness (QED) is 0.830. The number of likely N-dealkylation sites (N-methyl/N-ethyl adjacent to an activating group) is 1. The Kier molecular flexibility index (Phi) is 4.09. The molecular formula is C21H29N5. The lowest BCUT2D eigenvalue weighted by molar-refractivity contribution is 0.260. The number of nitrogens with zero attached hydrogens (tertiary/aromatic N) is 5. The van der Waals surface area contributed by atoms with E-state index in [-0.39, 0.29) is 0 Å². The minimum Gasteiger partial charge on any atom is -0.305 e. The Bertz CT molecular complexity index is 805. The molecule has 2 aliphatic carbocycles. The van der Waals surface area contributed by atoms with E-state index >= 15 is 0 Å².